The molecule has 0 aliphatic heterocycles. The first-order valence-electron chi connectivity index (χ1n) is 16.4. The van der Waals surface area contributed by atoms with Crippen molar-refractivity contribution in [3.8, 4) is 16.9 Å². The number of rotatable bonds is 21. The summed E-state index contributed by atoms with van der Waals surface area (Å²) in [6.45, 7) is 3.64. The number of hydrogen-bond donors (Lipinski definition) is 1. The normalized spacial score (nSPS) is 12.0. The van der Waals surface area contributed by atoms with Crippen LogP contribution in [-0.2, 0) is 14.3 Å². The molecule has 8 heteroatoms. The molecule has 6 nitrogen and oxygen atoms in total. The molecule has 0 aliphatic carbocycles. The van der Waals surface area contributed by atoms with Crippen molar-refractivity contribution in [3.05, 3.63) is 127 Å². The lowest BCUT2D eigenvalue weighted by atomic mass is 10.0. The second-order valence-electron chi connectivity index (χ2n) is 10.7. The lowest BCUT2D eigenvalue weighted by Gasteiger charge is -2.12. The number of amides is 1. The molecule has 2 aromatic carbocycles. The number of nitrogens with one attached hydrogen (secondary N) is 1. The molecule has 0 heterocycles. The van der Waals surface area contributed by atoms with Crippen LogP contribution in [0, 0.1) is 11.6 Å². The van der Waals surface area contributed by atoms with Gasteiger partial charge in [-0.2, -0.15) is 0 Å². The second-order valence-corrected chi connectivity index (χ2v) is 10.7. The van der Waals surface area contributed by atoms with E-state index < -0.39 is 23.6 Å². The maximum atomic E-state index is 14.3. The minimum Gasteiger partial charge on any atom is -0.462 e. The van der Waals surface area contributed by atoms with Crippen molar-refractivity contribution in [2.75, 3.05) is 13.2 Å². The molecule has 2 rings (SSSR count). The van der Waals surface area contributed by atoms with Gasteiger partial charge in [-0.05, 0) is 81.2 Å². The lowest BCUT2D eigenvalue weighted by Crippen LogP contribution is -2.25. The Bertz CT molecular complexity index is 1490. The summed E-state index contributed by atoms with van der Waals surface area (Å²) in [4.78, 5) is 36.4. The molecular formula is C40H47F2NO5. The third-order valence-electron chi connectivity index (χ3n) is 6.71. The average Bonchev–Trinajstić information content (AvgIpc) is 3.05. The Morgan fingerprint density at radius 3 is 1.90 bits per heavy atom. The quantitative estimate of drug-likeness (QED) is 0.0625. The van der Waals surface area contributed by atoms with Crippen molar-refractivity contribution in [3.63, 3.8) is 0 Å². The van der Waals surface area contributed by atoms with E-state index in [1.54, 1.807) is 0 Å². The fourth-order valence-electron chi connectivity index (χ4n) is 4.31. The number of benzene rings is 2. The van der Waals surface area contributed by atoms with Crippen molar-refractivity contribution in [1.82, 2.24) is 5.32 Å². The first kappa shape index (κ1) is 39.3. The van der Waals surface area contributed by atoms with Gasteiger partial charge >= 0.3 is 11.9 Å². The number of carbonyl (C=O) groups excluding carboxylic acids is 3. The van der Waals surface area contributed by atoms with Crippen LogP contribution in [0.1, 0.15) is 82.0 Å². The van der Waals surface area contributed by atoms with Gasteiger partial charge in [0.25, 0.3) is 0 Å². The summed E-state index contributed by atoms with van der Waals surface area (Å²) in [7, 11) is 0. The molecule has 0 saturated heterocycles. The summed E-state index contributed by atoms with van der Waals surface area (Å²) in [5.74, 6) is -3.09. The average molecular weight is 660 g/mol. The van der Waals surface area contributed by atoms with Crippen LogP contribution in [0.4, 0.5) is 8.78 Å². The van der Waals surface area contributed by atoms with Crippen molar-refractivity contribution in [2.24, 2.45) is 0 Å². The van der Waals surface area contributed by atoms with Gasteiger partial charge in [0.15, 0.2) is 0 Å². The van der Waals surface area contributed by atoms with Gasteiger partial charge in [0.2, 0.25) is 5.91 Å². The predicted molar refractivity (Wildman–Crippen MR) is 188 cm³/mol. The van der Waals surface area contributed by atoms with E-state index in [-0.39, 0.29) is 35.0 Å². The summed E-state index contributed by atoms with van der Waals surface area (Å²) in [5, 5.41) is 2.80. The first-order valence-corrected chi connectivity index (χ1v) is 16.4. The van der Waals surface area contributed by atoms with Gasteiger partial charge in [0.05, 0.1) is 6.61 Å². The SMILES string of the molecule is CCC=CCC=CCC=CCC=CCC=CCC=CCCC(=O)NCCCOC(=O)c1cc(-c2ccc(F)cc2F)ccc1OC(C)=O. The smallest absolute Gasteiger partial charge is 0.341 e. The largest absolute Gasteiger partial charge is 0.462 e. The summed E-state index contributed by atoms with van der Waals surface area (Å²) in [5.41, 5.74) is 0.285. The molecule has 1 amide bonds. The highest BCUT2D eigenvalue weighted by atomic mass is 19.1. The van der Waals surface area contributed by atoms with E-state index in [1.165, 1.54) is 31.2 Å². The van der Waals surface area contributed by atoms with E-state index in [9.17, 15) is 23.2 Å². The van der Waals surface area contributed by atoms with Crippen molar-refractivity contribution in [1.29, 1.82) is 0 Å². The van der Waals surface area contributed by atoms with Crippen LogP contribution in [-0.4, -0.2) is 31.0 Å². The van der Waals surface area contributed by atoms with Crippen LogP contribution in [0.15, 0.2) is 109 Å². The van der Waals surface area contributed by atoms with Crippen molar-refractivity contribution < 1.29 is 32.6 Å². The van der Waals surface area contributed by atoms with Crippen LogP contribution in [0.2, 0.25) is 0 Å². The molecule has 0 aromatic heterocycles. The van der Waals surface area contributed by atoms with Gasteiger partial charge in [0.1, 0.15) is 22.9 Å². The molecule has 0 radical (unpaired) electrons. The van der Waals surface area contributed by atoms with Gasteiger partial charge in [-0.25, -0.2) is 13.6 Å². The first-order chi connectivity index (χ1) is 23.3. The van der Waals surface area contributed by atoms with E-state index in [0.29, 0.717) is 25.8 Å². The van der Waals surface area contributed by atoms with Crippen LogP contribution >= 0.6 is 0 Å². The highest BCUT2D eigenvalue weighted by Gasteiger charge is 2.18. The number of esters is 2. The Labute approximate surface area is 283 Å². The van der Waals surface area contributed by atoms with E-state index >= 15 is 0 Å². The Balaban J connectivity index is 1.61. The maximum Gasteiger partial charge on any atom is 0.341 e. The molecule has 2 aromatic rings. The van der Waals surface area contributed by atoms with E-state index in [1.807, 2.05) is 12.2 Å². The number of allylic oxidation sites excluding steroid dienone is 12. The van der Waals surface area contributed by atoms with Crippen LogP contribution in [0.5, 0.6) is 5.75 Å². The number of carbonyl (C=O) groups is 3. The maximum absolute atomic E-state index is 14.3. The number of halogens is 2. The van der Waals surface area contributed by atoms with Gasteiger partial charge in [0, 0.05) is 31.5 Å². The molecule has 0 unspecified atom stereocenters. The third kappa shape index (κ3) is 17.2. The Hall–Kier alpha value is -4.85. The van der Waals surface area contributed by atoms with Crippen molar-refractivity contribution in [2.45, 2.75) is 71.6 Å². The summed E-state index contributed by atoms with van der Waals surface area (Å²) >= 11 is 0. The minimum absolute atomic E-state index is 0.000905. The molecular weight excluding hydrogens is 612 g/mol. The van der Waals surface area contributed by atoms with Crippen LogP contribution < -0.4 is 10.1 Å². The molecule has 0 atom stereocenters. The monoisotopic (exact) mass is 659 g/mol. The second kappa shape index (κ2) is 24.3. The number of hydrogen-bond acceptors (Lipinski definition) is 5. The van der Waals surface area contributed by atoms with E-state index in [4.69, 9.17) is 9.47 Å². The summed E-state index contributed by atoms with van der Waals surface area (Å²) < 4.78 is 38.1. The molecule has 48 heavy (non-hydrogen) atoms. The Morgan fingerprint density at radius 1 is 0.750 bits per heavy atom. The van der Waals surface area contributed by atoms with Crippen molar-refractivity contribution >= 4 is 17.8 Å². The Kier molecular flexibility index (Phi) is 19.9. The lowest BCUT2D eigenvalue weighted by molar-refractivity contribution is -0.131. The highest BCUT2D eigenvalue weighted by Crippen LogP contribution is 2.29. The highest BCUT2D eigenvalue weighted by molar-refractivity contribution is 5.95. The zero-order chi connectivity index (χ0) is 34.8. The fraction of sp³-hybridized carbons (Fsp3) is 0.325. The fourth-order valence-corrected chi connectivity index (χ4v) is 4.31. The van der Waals surface area contributed by atoms with Gasteiger partial charge in [-0.15, -0.1) is 0 Å². The third-order valence-corrected chi connectivity index (χ3v) is 6.71. The predicted octanol–water partition coefficient (Wildman–Crippen LogP) is 9.70. The van der Waals surface area contributed by atoms with Gasteiger partial charge in [-0.1, -0.05) is 85.9 Å². The minimum atomic E-state index is -0.800. The molecule has 0 saturated carbocycles. The molecule has 256 valence electrons. The molecule has 0 bridgehead atoms. The summed E-state index contributed by atoms with van der Waals surface area (Å²) in [6, 6.07) is 7.24. The van der Waals surface area contributed by atoms with Crippen LogP contribution in [0.25, 0.3) is 11.1 Å². The van der Waals surface area contributed by atoms with E-state index in [2.05, 4.69) is 73.0 Å². The molecule has 0 aliphatic rings. The Morgan fingerprint density at radius 2 is 1.33 bits per heavy atom. The number of ether oxygens (including phenoxy) is 2. The topological polar surface area (TPSA) is 81.7 Å². The summed E-state index contributed by atoms with van der Waals surface area (Å²) in [6.07, 6.45) is 32.6. The molecule has 0 fully saturated rings. The zero-order valence-corrected chi connectivity index (χ0v) is 28.0. The molecule has 0 spiro atoms. The standard InChI is InChI=1S/C40H47F2NO5/c1-3-4-5-6-7-8-9-10-11-12-13-14-15-16-17-18-19-20-21-23-39(45)43-28-22-29-47-40(46)36-30-33(24-27-38(36)48-32(2)44)35-26-25-34(41)31-37(35)42/h4-5,7-8,10-11,13-14,16-17,19-20,24-27,30-31H,3,6,9,12,15,18,21-23,28-29H2,1-2H3,(H,43,45). The molecule has 1 N–H and O–H groups in total. The zero-order valence-electron chi connectivity index (χ0n) is 28.0. The van der Waals surface area contributed by atoms with Gasteiger partial charge in [-0.3, -0.25) is 9.59 Å². The van der Waals surface area contributed by atoms with E-state index in [0.717, 1.165) is 50.7 Å². The van der Waals surface area contributed by atoms with Gasteiger partial charge < -0.3 is 14.8 Å². The van der Waals surface area contributed by atoms with Crippen LogP contribution in [0.3, 0.4) is 0 Å².